The van der Waals surface area contributed by atoms with Gasteiger partial charge >= 0.3 is 6.18 Å². The number of hydrogen-bond acceptors (Lipinski definition) is 0. The second-order valence-corrected chi connectivity index (χ2v) is 5.63. The van der Waals surface area contributed by atoms with Crippen LogP contribution >= 0.6 is 0 Å². The molecule has 0 N–H and O–H groups in total. The zero-order chi connectivity index (χ0) is 16.7. The number of allylic oxidation sites excluding steroid dienone is 1. The normalized spacial score (nSPS) is 12.0. The standard InChI is InChI=1S/C20H21F3/c1-2-3-4-5-16-6-8-17(9-7-16)10-11-18-12-14-19(15-13-18)20(21,22)23/h4-9,12-15H,2-3,10-11H2,1H3. The molecule has 0 bridgehead atoms. The number of halogens is 3. The van der Waals surface area contributed by atoms with Gasteiger partial charge in [-0.3, -0.25) is 0 Å². The van der Waals surface area contributed by atoms with Gasteiger partial charge in [0.15, 0.2) is 0 Å². The predicted octanol–water partition coefficient (Wildman–Crippen LogP) is 6.30. The van der Waals surface area contributed by atoms with E-state index in [0.717, 1.165) is 43.4 Å². The van der Waals surface area contributed by atoms with E-state index in [1.807, 2.05) is 0 Å². The highest BCUT2D eigenvalue weighted by Gasteiger charge is 2.29. The topological polar surface area (TPSA) is 0 Å². The number of alkyl halides is 3. The Labute approximate surface area is 135 Å². The largest absolute Gasteiger partial charge is 0.416 e. The lowest BCUT2D eigenvalue weighted by Gasteiger charge is -2.08. The van der Waals surface area contributed by atoms with Crippen LogP contribution in [0, 0.1) is 0 Å². The Morgan fingerprint density at radius 1 is 0.826 bits per heavy atom. The Bertz CT molecular complexity index is 619. The molecule has 0 nitrogen and oxygen atoms in total. The van der Waals surface area contributed by atoms with E-state index >= 15 is 0 Å². The summed E-state index contributed by atoms with van der Waals surface area (Å²) in [5, 5.41) is 0. The molecule has 3 heteroatoms. The average molecular weight is 318 g/mol. The van der Waals surface area contributed by atoms with Crippen molar-refractivity contribution < 1.29 is 13.2 Å². The van der Waals surface area contributed by atoms with Crippen molar-refractivity contribution in [3.63, 3.8) is 0 Å². The van der Waals surface area contributed by atoms with Gasteiger partial charge in [-0.1, -0.05) is 61.9 Å². The molecule has 0 saturated carbocycles. The van der Waals surface area contributed by atoms with Crippen molar-refractivity contribution in [1.82, 2.24) is 0 Å². The van der Waals surface area contributed by atoms with Crippen LogP contribution in [0.25, 0.3) is 6.08 Å². The van der Waals surface area contributed by atoms with Crippen LogP contribution in [-0.2, 0) is 19.0 Å². The number of rotatable bonds is 6. The van der Waals surface area contributed by atoms with Crippen molar-refractivity contribution in [2.24, 2.45) is 0 Å². The summed E-state index contributed by atoms with van der Waals surface area (Å²) in [6, 6.07) is 13.7. The minimum Gasteiger partial charge on any atom is -0.166 e. The number of benzene rings is 2. The Hall–Kier alpha value is -2.03. The smallest absolute Gasteiger partial charge is 0.166 e. The predicted molar refractivity (Wildman–Crippen MR) is 89.2 cm³/mol. The molecule has 0 fully saturated rings. The molecule has 23 heavy (non-hydrogen) atoms. The Morgan fingerprint density at radius 3 is 1.83 bits per heavy atom. The van der Waals surface area contributed by atoms with E-state index in [2.05, 4.69) is 43.3 Å². The van der Waals surface area contributed by atoms with E-state index in [0.29, 0.717) is 0 Å². The third-order valence-corrected chi connectivity index (χ3v) is 3.73. The van der Waals surface area contributed by atoms with Crippen LogP contribution < -0.4 is 0 Å². The van der Waals surface area contributed by atoms with E-state index in [4.69, 9.17) is 0 Å². The monoisotopic (exact) mass is 318 g/mol. The van der Waals surface area contributed by atoms with Gasteiger partial charge in [-0.25, -0.2) is 0 Å². The van der Waals surface area contributed by atoms with Crippen LogP contribution in [0.1, 0.15) is 42.0 Å². The molecule has 0 aliphatic rings. The van der Waals surface area contributed by atoms with E-state index in [9.17, 15) is 13.2 Å². The van der Waals surface area contributed by atoms with Crippen LogP contribution in [-0.4, -0.2) is 0 Å². The third kappa shape index (κ3) is 5.59. The summed E-state index contributed by atoms with van der Waals surface area (Å²) in [4.78, 5) is 0. The molecule has 2 aromatic carbocycles. The van der Waals surface area contributed by atoms with Crippen molar-refractivity contribution in [3.05, 3.63) is 76.9 Å². The summed E-state index contributed by atoms with van der Waals surface area (Å²) in [6.45, 7) is 2.15. The molecule has 0 radical (unpaired) electrons. The fourth-order valence-corrected chi connectivity index (χ4v) is 2.33. The van der Waals surface area contributed by atoms with Gasteiger partial charge in [0.2, 0.25) is 0 Å². The van der Waals surface area contributed by atoms with E-state index in [-0.39, 0.29) is 0 Å². The van der Waals surface area contributed by atoms with Crippen LogP contribution in [0.5, 0.6) is 0 Å². The Balaban J connectivity index is 1.90. The van der Waals surface area contributed by atoms with Crippen molar-refractivity contribution in [3.8, 4) is 0 Å². The maximum absolute atomic E-state index is 12.5. The van der Waals surface area contributed by atoms with Gasteiger partial charge in [0.25, 0.3) is 0 Å². The summed E-state index contributed by atoms with van der Waals surface area (Å²) in [7, 11) is 0. The molecule has 0 spiro atoms. The first-order chi connectivity index (χ1) is 11.0. The minimum absolute atomic E-state index is 0.593. The molecule has 0 amide bonds. The number of unbranched alkanes of at least 4 members (excludes halogenated alkanes) is 1. The van der Waals surface area contributed by atoms with Gasteiger partial charge in [0, 0.05) is 0 Å². The lowest BCUT2D eigenvalue weighted by atomic mass is 10.0. The second kappa shape index (κ2) is 8.00. The molecule has 122 valence electrons. The van der Waals surface area contributed by atoms with Crippen molar-refractivity contribution in [1.29, 1.82) is 0 Å². The zero-order valence-electron chi connectivity index (χ0n) is 13.2. The number of hydrogen-bond donors (Lipinski definition) is 0. The molecular weight excluding hydrogens is 297 g/mol. The molecule has 0 aliphatic carbocycles. The van der Waals surface area contributed by atoms with Crippen LogP contribution in [0.2, 0.25) is 0 Å². The van der Waals surface area contributed by atoms with Gasteiger partial charge < -0.3 is 0 Å². The molecule has 2 aromatic rings. The summed E-state index contributed by atoms with van der Waals surface area (Å²) >= 11 is 0. The second-order valence-electron chi connectivity index (χ2n) is 5.63. The highest BCUT2D eigenvalue weighted by atomic mass is 19.4. The van der Waals surface area contributed by atoms with Crippen molar-refractivity contribution in [2.45, 2.75) is 38.8 Å². The van der Waals surface area contributed by atoms with Crippen LogP contribution in [0.15, 0.2) is 54.6 Å². The molecule has 0 aliphatic heterocycles. The average Bonchev–Trinajstić information content (AvgIpc) is 2.54. The first-order valence-corrected chi connectivity index (χ1v) is 7.90. The SMILES string of the molecule is CCCC=Cc1ccc(CCc2ccc(C(F)(F)F)cc2)cc1. The Kier molecular flexibility index (Phi) is 6.03. The molecule has 0 heterocycles. The van der Waals surface area contributed by atoms with Crippen LogP contribution in [0.3, 0.4) is 0 Å². The van der Waals surface area contributed by atoms with E-state index < -0.39 is 11.7 Å². The molecule has 2 rings (SSSR count). The summed E-state index contributed by atoms with van der Waals surface area (Å²) in [5.41, 5.74) is 2.70. The molecule has 0 aromatic heterocycles. The van der Waals surface area contributed by atoms with Gasteiger partial charge in [-0.15, -0.1) is 0 Å². The van der Waals surface area contributed by atoms with Crippen LogP contribution in [0.4, 0.5) is 13.2 Å². The van der Waals surface area contributed by atoms with Crippen molar-refractivity contribution >= 4 is 6.08 Å². The quantitative estimate of drug-likeness (QED) is 0.586. The van der Waals surface area contributed by atoms with Gasteiger partial charge in [0.1, 0.15) is 0 Å². The molecule has 0 atom stereocenters. The van der Waals surface area contributed by atoms with Gasteiger partial charge in [0.05, 0.1) is 5.56 Å². The highest BCUT2D eigenvalue weighted by molar-refractivity contribution is 5.49. The first-order valence-electron chi connectivity index (χ1n) is 7.90. The molecule has 0 saturated heterocycles. The highest BCUT2D eigenvalue weighted by Crippen LogP contribution is 2.29. The third-order valence-electron chi connectivity index (χ3n) is 3.73. The summed E-state index contributed by atoms with van der Waals surface area (Å²) < 4.78 is 37.5. The van der Waals surface area contributed by atoms with E-state index in [1.165, 1.54) is 11.1 Å². The molecular formula is C20H21F3. The van der Waals surface area contributed by atoms with Gasteiger partial charge in [-0.05, 0) is 48.1 Å². The summed E-state index contributed by atoms with van der Waals surface area (Å²) in [6.07, 6.45) is 3.80. The maximum atomic E-state index is 12.5. The fourth-order valence-electron chi connectivity index (χ4n) is 2.33. The summed E-state index contributed by atoms with van der Waals surface area (Å²) in [5.74, 6) is 0. The fraction of sp³-hybridized carbons (Fsp3) is 0.300. The lowest BCUT2D eigenvalue weighted by Crippen LogP contribution is -2.04. The lowest BCUT2D eigenvalue weighted by molar-refractivity contribution is -0.137. The maximum Gasteiger partial charge on any atom is 0.416 e. The van der Waals surface area contributed by atoms with E-state index in [1.54, 1.807) is 12.1 Å². The zero-order valence-corrected chi connectivity index (χ0v) is 13.2. The van der Waals surface area contributed by atoms with Gasteiger partial charge in [-0.2, -0.15) is 13.2 Å². The minimum atomic E-state index is -4.26. The Morgan fingerprint density at radius 2 is 1.35 bits per heavy atom. The first kappa shape index (κ1) is 17.3. The molecule has 0 unspecified atom stereocenters. The number of aryl methyl sites for hydroxylation is 2. The van der Waals surface area contributed by atoms with Crippen molar-refractivity contribution in [2.75, 3.05) is 0 Å².